The normalized spacial score (nSPS) is 12.2. The van der Waals surface area contributed by atoms with E-state index in [1.165, 1.54) is 17.0 Å². The number of hydrogen-bond acceptors (Lipinski definition) is 4. The Labute approximate surface area is 230 Å². The van der Waals surface area contributed by atoms with Crippen molar-refractivity contribution in [2.45, 2.75) is 58.1 Å². The Kier molecular flexibility index (Phi) is 9.57. The van der Waals surface area contributed by atoms with Crippen LogP contribution in [0.15, 0.2) is 77.7 Å². The standard InChI is InChI=1S/C29H34ClN3O4S/c1-20(2)31-29(35)23(5)32(18-24-9-7-6-8-10-24)28(34)19-33(27-16-13-25(30)17-22(27)4)38(36,37)26-14-11-21(3)12-15-26/h6-17,20,23H,18-19H2,1-5H3,(H,31,35). The Hall–Kier alpha value is -3.36. The molecule has 3 rings (SSSR count). The van der Waals surface area contributed by atoms with Gasteiger partial charge in [-0.2, -0.15) is 0 Å². The summed E-state index contributed by atoms with van der Waals surface area (Å²) in [6, 6.07) is 19.6. The number of halogens is 1. The maximum atomic E-state index is 13.9. The van der Waals surface area contributed by atoms with Gasteiger partial charge in [0.2, 0.25) is 11.8 Å². The van der Waals surface area contributed by atoms with Gasteiger partial charge in [-0.25, -0.2) is 8.42 Å². The fourth-order valence-electron chi connectivity index (χ4n) is 4.02. The summed E-state index contributed by atoms with van der Waals surface area (Å²) in [4.78, 5) is 28.3. The highest BCUT2D eigenvalue weighted by molar-refractivity contribution is 7.92. The summed E-state index contributed by atoms with van der Waals surface area (Å²) in [6.07, 6.45) is 0. The number of benzene rings is 3. The van der Waals surface area contributed by atoms with E-state index in [0.717, 1.165) is 15.4 Å². The molecule has 0 aliphatic rings. The van der Waals surface area contributed by atoms with E-state index in [-0.39, 0.29) is 23.4 Å². The van der Waals surface area contributed by atoms with E-state index >= 15 is 0 Å². The zero-order chi connectivity index (χ0) is 28.0. The van der Waals surface area contributed by atoms with Crippen LogP contribution in [-0.2, 0) is 26.2 Å². The zero-order valence-corrected chi connectivity index (χ0v) is 23.9. The smallest absolute Gasteiger partial charge is 0.264 e. The third-order valence-corrected chi connectivity index (χ3v) is 8.12. The molecule has 1 unspecified atom stereocenters. The molecule has 2 amide bonds. The average molecular weight is 556 g/mol. The molecule has 0 bridgehead atoms. The number of aryl methyl sites for hydroxylation is 2. The second-order valence-corrected chi connectivity index (χ2v) is 11.9. The van der Waals surface area contributed by atoms with Crippen LogP contribution in [0.1, 0.15) is 37.5 Å². The number of nitrogens with zero attached hydrogens (tertiary/aromatic N) is 2. The second kappa shape index (κ2) is 12.5. The molecule has 0 saturated heterocycles. The Bertz CT molecular complexity index is 1380. The molecule has 3 aromatic rings. The van der Waals surface area contributed by atoms with Crippen LogP contribution in [0, 0.1) is 13.8 Å². The third kappa shape index (κ3) is 7.14. The van der Waals surface area contributed by atoms with Gasteiger partial charge < -0.3 is 10.2 Å². The predicted octanol–water partition coefficient (Wildman–Crippen LogP) is 5.09. The zero-order valence-electron chi connectivity index (χ0n) is 22.3. The van der Waals surface area contributed by atoms with Crippen molar-refractivity contribution in [2.75, 3.05) is 10.8 Å². The third-order valence-electron chi connectivity index (χ3n) is 6.11. The fourth-order valence-corrected chi connectivity index (χ4v) is 5.72. The molecule has 0 radical (unpaired) electrons. The Morgan fingerprint density at radius 3 is 2.13 bits per heavy atom. The molecule has 0 heterocycles. The van der Waals surface area contributed by atoms with Gasteiger partial charge in [-0.05, 0) is 76.1 Å². The molecule has 7 nitrogen and oxygen atoms in total. The first-order valence-electron chi connectivity index (χ1n) is 12.4. The van der Waals surface area contributed by atoms with Crippen LogP contribution >= 0.6 is 11.6 Å². The van der Waals surface area contributed by atoms with Crippen molar-refractivity contribution >= 4 is 39.1 Å². The van der Waals surface area contributed by atoms with Crippen molar-refractivity contribution in [2.24, 2.45) is 0 Å². The molecular weight excluding hydrogens is 522 g/mol. The Morgan fingerprint density at radius 1 is 0.921 bits per heavy atom. The monoisotopic (exact) mass is 555 g/mol. The van der Waals surface area contributed by atoms with Gasteiger partial charge in [-0.1, -0.05) is 59.6 Å². The number of nitrogens with one attached hydrogen (secondary N) is 1. The van der Waals surface area contributed by atoms with Crippen molar-refractivity contribution in [3.8, 4) is 0 Å². The molecule has 202 valence electrons. The first-order valence-corrected chi connectivity index (χ1v) is 14.2. The van der Waals surface area contributed by atoms with Crippen molar-refractivity contribution in [3.05, 3.63) is 94.5 Å². The summed E-state index contributed by atoms with van der Waals surface area (Å²) in [7, 11) is -4.13. The topological polar surface area (TPSA) is 86.8 Å². The lowest BCUT2D eigenvalue weighted by atomic mass is 10.1. The van der Waals surface area contributed by atoms with Gasteiger partial charge in [0.25, 0.3) is 10.0 Å². The molecule has 0 aliphatic carbocycles. The van der Waals surface area contributed by atoms with Crippen molar-refractivity contribution in [1.82, 2.24) is 10.2 Å². The van der Waals surface area contributed by atoms with E-state index in [1.807, 2.05) is 51.1 Å². The van der Waals surface area contributed by atoms with E-state index in [2.05, 4.69) is 5.32 Å². The summed E-state index contributed by atoms with van der Waals surface area (Å²) in [6.45, 7) is 8.58. The van der Waals surface area contributed by atoms with Gasteiger partial charge in [0, 0.05) is 17.6 Å². The Morgan fingerprint density at radius 2 is 1.55 bits per heavy atom. The van der Waals surface area contributed by atoms with Crippen LogP contribution < -0.4 is 9.62 Å². The van der Waals surface area contributed by atoms with E-state index < -0.39 is 28.5 Å². The minimum atomic E-state index is -4.13. The number of hydrogen-bond donors (Lipinski definition) is 1. The largest absolute Gasteiger partial charge is 0.352 e. The molecule has 9 heteroatoms. The lowest BCUT2D eigenvalue weighted by Crippen LogP contribution is -2.52. The average Bonchev–Trinajstić information content (AvgIpc) is 2.86. The van der Waals surface area contributed by atoms with Gasteiger partial charge in [0.05, 0.1) is 10.6 Å². The summed E-state index contributed by atoms with van der Waals surface area (Å²) in [5.41, 5.74) is 2.66. The molecule has 1 atom stereocenters. The molecule has 1 N–H and O–H groups in total. The Balaban J connectivity index is 2.05. The minimum Gasteiger partial charge on any atom is -0.352 e. The van der Waals surface area contributed by atoms with Crippen LogP contribution in [0.3, 0.4) is 0 Å². The highest BCUT2D eigenvalue weighted by Crippen LogP contribution is 2.29. The van der Waals surface area contributed by atoms with Crippen molar-refractivity contribution in [1.29, 1.82) is 0 Å². The number of anilines is 1. The van der Waals surface area contributed by atoms with Crippen LogP contribution in [-0.4, -0.2) is 43.8 Å². The first kappa shape index (κ1) is 29.2. The molecular formula is C29H34ClN3O4S. The van der Waals surface area contributed by atoms with Gasteiger partial charge in [-0.3, -0.25) is 13.9 Å². The van der Waals surface area contributed by atoms with E-state index in [0.29, 0.717) is 16.3 Å². The number of sulfonamides is 1. The maximum absolute atomic E-state index is 13.9. The predicted molar refractivity (Wildman–Crippen MR) is 152 cm³/mol. The van der Waals surface area contributed by atoms with Gasteiger partial charge in [0.15, 0.2) is 0 Å². The molecule has 0 fully saturated rings. The molecule has 0 aliphatic heterocycles. The lowest BCUT2D eigenvalue weighted by molar-refractivity contribution is -0.139. The summed E-state index contributed by atoms with van der Waals surface area (Å²) >= 11 is 6.15. The van der Waals surface area contributed by atoms with Gasteiger partial charge >= 0.3 is 0 Å². The van der Waals surface area contributed by atoms with Crippen LogP contribution in [0.4, 0.5) is 5.69 Å². The van der Waals surface area contributed by atoms with Gasteiger partial charge in [-0.15, -0.1) is 0 Å². The lowest BCUT2D eigenvalue weighted by Gasteiger charge is -2.32. The summed E-state index contributed by atoms with van der Waals surface area (Å²) < 4.78 is 28.9. The number of rotatable bonds is 10. The van der Waals surface area contributed by atoms with Crippen molar-refractivity contribution < 1.29 is 18.0 Å². The SMILES string of the molecule is Cc1ccc(S(=O)(=O)N(CC(=O)N(Cc2ccccc2)C(C)C(=O)NC(C)C)c2ccc(Cl)cc2C)cc1. The second-order valence-electron chi connectivity index (χ2n) is 9.60. The van der Waals surface area contributed by atoms with Crippen molar-refractivity contribution in [3.63, 3.8) is 0 Å². The number of amides is 2. The minimum absolute atomic E-state index is 0.0606. The molecule has 38 heavy (non-hydrogen) atoms. The molecule has 0 spiro atoms. The van der Waals surface area contributed by atoms with Crippen LogP contribution in [0.25, 0.3) is 0 Å². The molecule has 0 saturated carbocycles. The molecule has 3 aromatic carbocycles. The quantitative estimate of drug-likeness (QED) is 0.377. The fraction of sp³-hybridized carbons (Fsp3) is 0.310. The van der Waals surface area contributed by atoms with Crippen LogP contribution in [0.5, 0.6) is 0 Å². The highest BCUT2D eigenvalue weighted by atomic mass is 35.5. The first-order chi connectivity index (χ1) is 17.9. The summed E-state index contributed by atoms with van der Waals surface area (Å²) in [5.74, 6) is -0.829. The van der Waals surface area contributed by atoms with E-state index in [1.54, 1.807) is 44.2 Å². The number of carbonyl (C=O) groups excluding carboxylic acids is 2. The van der Waals surface area contributed by atoms with Crippen LogP contribution in [0.2, 0.25) is 5.02 Å². The van der Waals surface area contributed by atoms with E-state index in [9.17, 15) is 18.0 Å². The van der Waals surface area contributed by atoms with E-state index in [4.69, 9.17) is 11.6 Å². The number of carbonyl (C=O) groups is 2. The highest BCUT2D eigenvalue weighted by Gasteiger charge is 2.33. The summed E-state index contributed by atoms with van der Waals surface area (Å²) in [5, 5.41) is 3.30. The maximum Gasteiger partial charge on any atom is 0.264 e. The molecule has 0 aromatic heterocycles. The van der Waals surface area contributed by atoms with Gasteiger partial charge in [0.1, 0.15) is 12.6 Å².